The molecule has 1 fully saturated rings. The molecule has 1 aromatic carbocycles. The summed E-state index contributed by atoms with van der Waals surface area (Å²) in [6, 6.07) is 7.47. The van der Waals surface area contributed by atoms with E-state index >= 15 is 0 Å². The molecule has 0 unspecified atom stereocenters. The zero-order valence-electron chi connectivity index (χ0n) is 7.70. The number of esters is 2. The maximum Gasteiger partial charge on any atom is 0.342 e. The van der Waals surface area contributed by atoms with Crippen LogP contribution in [0.15, 0.2) is 34.3 Å². The standard InChI is InChI=1S/C11H7BrO3/c12-9-3-1-2-7(5-9)4-8-6-10(13)15-11(8)14/h1-5H,6H2. The summed E-state index contributed by atoms with van der Waals surface area (Å²) in [5, 5.41) is 0. The molecule has 76 valence electrons. The van der Waals surface area contributed by atoms with Gasteiger partial charge in [-0.3, -0.25) is 4.79 Å². The molecule has 1 aliphatic heterocycles. The van der Waals surface area contributed by atoms with Gasteiger partial charge in [0.15, 0.2) is 0 Å². The summed E-state index contributed by atoms with van der Waals surface area (Å²) < 4.78 is 5.34. The number of hydrogen-bond acceptors (Lipinski definition) is 3. The van der Waals surface area contributed by atoms with Crippen LogP contribution in [0, 0.1) is 0 Å². The topological polar surface area (TPSA) is 43.4 Å². The molecule has 0 N–H and O–H groups in total. The highest BCUT2D eigenvalue weighted by atomic mass is 79.9. The number of cyclic esters (lactones) is 2. The van der Waals surface area contributed by atoms with Crippen molar-refractivity contribution in [1.82, 2.24) is 0 Å². The number of ether oxygens (including phenoxy) is 1. The average Bonchev–Trinajstić information content (AvgIpc) is 2.45. The molecule has 1 saturated heterocycles. The fraction of sp³-hybridized carbons (Fsp3) is 0.0909. The van der Waals surface area contributed by atoms with E-state index in [1.807, 2.05) is 24.3 Å². The van der Waals surface area contributed by atoms with Gasteiger partial charge in [0.2, 0.25) is 0 Å². The molecular formula is C11H7BrO3. The summed E-state index contributed by atoms with van der Waals surface area (Å²) in [6.45, 7) is 0. The molecule has 15 heavy (non-hydrogen) atoms. The predicted octanol–water partition coefficient (Wildman–Crippen LogP) is 2.31. The van der Waals surface area contributed by atoms with Crippen molar-refractivity contribution in [1.29, 1.82) is 0 Å². The van der Waals surface area contributed by atoms with Gasteiger partial charge in [-0.2, -0.15) is 0 Å². The molecule has 0 amide bonds. The van der Waals surface area contributed by atoms with Gasteiger partial charge in [0.1, 0.15) is 0 Å². The largest absolute Gasteiger partial charge is 0.389 e. The van der Waals surface area contributed by atoms with Crippen molar-refractivity contribution in [3.8, 4) is 0 Å². The van der Waals surface area contributed by atoms with Crippen LogP contribution >= 0.6 is 15.9 Å². The van der Waals surface area contributed by atoms with E-state index in [0.717, 1.165) is 10.0 Å². The highest BCUT2D eigenvalue weighted by Gasteiger charge is 2.26. The highest BCUT2D eigenvalue weighted by Crippen LogP contribution is 2.20. The second-order valence-corrected chi connectivity index (χ2v) is 4.08. The van der Waals surface area contributed by atoms with Crippen LogP contribution in [0.5, 0.6) is 0 Å². The Morgan fingerprint density at radius 1 is 1.33 bits per heavy atom. The molecule has 0 saturated carbocycles. The van der Waals surface area contributed by atoms with Crippen LogP contribution in [0.2, 0.25) is 0 Å². The van der Waals surface area contributed by atoms with Crippen LogP contribution in [0.4, 0.5) is 0 Å². The Kier molecular flexibility index (Phi) is 2.68. The Morgan fingerprint density at radius 3 is 2.73 bits per heavy atom. The first-order valence-electron chi connectivity index (χ1n) is 4.36. The molecule has 3 nitrogen and oxygen atoms in total. The summed E-state index contributed by atoms with van der Waals surface area (Å²) in [7, 11) is 0. The lowest BCUT2D eigenvalue weighted by atomic mass is 10.1. The van der Waals surface area contributed by atoms with Gasteiger partial charge in [0.05, 0.1) is 6.42 Å². The van der Waals surface area contributed by atoms with Gasteiger partial charge in [-0.1, -0.05) is 28.1 Å². The van der Waals surface area contributed by atoms with Crippen LogP contribution < -0.4 is 0 Å². The first-order valence-corrected chi connectivity index (χ1v) is 5.15. The third-order valence-electron chi connectivity index (χ3n) is 1.99. The van der Waals surface area contributed by atoms with Crippen molar-refractivity contribution in [3.05, 3.63) is 39.9 Å². The minimum atomic E-state index is -0.542. The van der Waals surface area contributed by atoms with Gasteiger partial charge < -0.3 is 4.74 Å². The third kappa shape index (κ3) is 2.33. The minimum absolute atomic E-state index is 0.0609. The van der Waals surface area contributed by atoms with Crippen molar-refractivity contribution < 1.29 is 14.3 Å². The second kappa shape index (κ2) is 3.98. The first kappa shape index (κ1) is 10.1. The van der Waals surface area contributed by atoms with E-state index in [1.165, 1.54) is 0 Å². The number of hydrogen-bond donors (Lipinski definition) is 0. The van der Waals surface area contributed by atoms with Crippen molar-refractivity contribution >= 4 is 33.9 Å². The maximum absolute atomic E-state index is 11.2. The van der Waals surface area contributed by atoms with Gasteiger partial charge in [-0.05, 0) is 23.8 Å². The zero-order valence-corrected chi connectivity index (χ0v) is 9.28. The molecule has 4 heteroatoms. The van der Waals surface area contributed by atoms with Crippen LogP contribution in [0.25, 0.3) is 6.08 Å². The maximum atomic E-state index is 11.2. The van der Waals surface area contributed by atoms with E-state index < -0.39 is 11.9 Å². The normalized spacial score (nSPS) is 18.3. The fourth-order valence-electron chi connectivity index (χ4n) is 1.34. The van der Waals surface area contributed by atoms with Gasteiger partial charge in [-0.15, -0.1) is 0 Å². The summed E-state index contributed by atoms with van der Waals surface area (Å²) in [4.78, 5) is 22.0. The monoisotopic (exact) mass is 266 g/mol. The van der Waals surface area contributed by atoms with E-state index in [2.05, 4.69) is 20.7 Å². The molecule has 0 bridgehead atoms. The van der Waals surface area contributed by atoms with Crippen LogP contribution in [0.3, 0.4) is 0 Å². The number of carbonyl (C=O) groups excluding carboxylic acids is 2. The van der Waals surface area contributed by atoms with E-state index in [9.17, 15) is 9.59 Å². The quantitative estimate of drug-likeness (QED) is 0.445. The van der Waals surface area contributed by atoms with Gasteiger partial charge in [0, 0.05) is 10.0 Å². The highest BCUT2D eigenvalue weighted by molar-refractivity contribution is 9.10. The van der Waals surface area contributed by atoms with Crippen LogP contribution in [-0.4, -0.2) is 11.9 Å². The SMILES string of the molecule is O=C1CC(=Cc2cccc(Br)c2)C(=O)O1. The molecule has 0 aromatic heterocycles. The van der Waals surface area contributed by atoms with E-state index in [-0.39, 0.29) is 6.42 Å². The predicted molar refractivity (Wildman–Crippen MR) is 57.8 cm³/mol. The second-order valence-electron chi connectivity index (χ2n) is 3.16. The molecule has 0 aliphatic carbocycles. The molecule has 1 aliphatic rings. The fourth-order valence-corrected chi connectivity index (χ4v) is 1.76. The minimum Gasteiger partial charge on any atom is -0.389 e. The summed E-state index contributed by atoms with van der Waals surface area (Å²) >= 11 is 3.33. The molecule has 0 atom stereocenters. The average molecular weight is 267 g/mol. The lowest BCUT2D eigenvalue weighted by Gasteiger charge is -1.95. The number of benzene rings is 1. The van der Waals surface area contributed by atoms with E-state index in [1.54, 1.807) is 6.08 Å². The van der Waals surface area contributed by atoms with Crippen LogP contribution in [-0.2, 0) is 14.3 Å². The Hall–Kier alpha value is -1.42. The molecule has 2 rings (SSSR count). The number of halogens is 1. The van der Waals surface area contributed by atoms with Gasteiger partial charge in [-0.25, -0.2) is 4.79 Å². The number of rotatable bonds is 1. The summed E-state index contributed by atoms with van der Waals surface area (Å²) in [5.74, 6) is -1.03. The van der Waals surface area contributed by atoms with Crippen molar-refractivity contribution in [2.24, 2.45) is 0 Å². The third-order valence-corrected chi connectivity index (χ3v) is 2.49. The number of carbonyl (C=O) groups is 2. The van der Waals surface area contributed by atoms with Crippen molar-refractivity contribution in [2.75, 3.05) is 0 Å². The Bertz CT molecular complexity index is 463. The van der Waals surface area contributed by atoms with Gasteiger partial charge in [0.25, 0.3) is 0 Å². The summed E-state index contributed by atoms with van der Waals surface area (Å²) in [5.41, 5.74) is 1.27. The van der Waals surface area contributed by atoms with Gasteiger partial charge >= 0.3 is 11.9 Å². The molecule has 1 heterocycles. The van der Waals surface area contributed by atoms with E-state index in [0.29, 0.717) is 5.57 Å². The Balaban J connectivity index is 2.31. The molecular weight excluding hydrogens is 260 g/mol. The lowest BCUT2D eigenvalue weighted by molar-refractivity contribution is -0.151. The van der Waals surface area contributed by atoms with Crippen molar-refractivity contribution in [3.63, 3.8) is 0 Å². The first-order chi connectivity index (χ1) is 7.15. The Labute approximate surface area is 94.9 Å². The molecule has 0 radical (unpaired) electrons. The van der Waals surface area contributed by atoms with Crippen molar-refractivity contribution in [2.45, 2.75) is 6.42 Å². The smallest absolute Gasteiger partial charge is 0.342 e. The molecule has 0 spiro atoms. The lowest BCUT2D eigenvalue weighted by Crippen LogP contribution is -1.96. The molecule has 1 aromatic rings. The summed E-state index contributed by atoms with van der Waals surface area (Å²) in [6.07, 6.45) is 1.73. The zero-order chi connectivity index (χ0) is 10.8. The van der Waals surface area contributed by atoms with Crippen LogP contribution in [0.1, 0.15) is 12.0 Å². The Morgan fingerprint density at radius 2 is 2.13 bits per heavy atom. The van der Waals surface area contributed by atoms with E-state index in [4.69, 9.17) is 0 Å².